The molecule has 0 aliphatic heterocycles. The predicted octanol–water partition coefficient (Wildman–Crippen LogP) is 3.43. The lowest BCUT2D eigenvalue weighted by molar-refractivity contribution is -0.118. The van der Waals surface area contributed by atoms with Crippen molar-refractivity contribution in [1.29, 1.82) is 0 Å². The van der Waals surface area contributed by atoms with Crippen molar-refractivity contribution in [3.8, 4) is 5.75 Å². The van der Waals surface area contributed by atoms with Gasteiger partial charge in [-0.25, -0.2) is 0 Å². The molecule has 1 fully saturated rings. The first-order chi connectivity index (χ1) is 12.5. The van der Waals surface area contributed by atoms with E-state index in [1.807, 2.05) is 30.5 Å². The average molecular weight is 375 g/mol. The molecule has 0 saturated heterocycles. The fraction of sp³-hybridized carbons (Fsp3) is 0.526. The molecule has 0 bridgehead atoms. The van der Waals surface area contributed by atoms with E-state index < -0.39 is 0 Å². The molecule has 1 atom stereocenters. The van der Waals surface area contributed by atoms with Gasteiger partial charge in [0.15, 0.2) is 17.1 Å². The van der Waals surface area contributed by atoms with Gasteiger partial charge in [-0.15, -0.1) is 10.2 Å². The second kappa shape index (κ2) is 8.12. The van der Waals surface area contributed by atoms with Crippen molar-refractivity contribution >= 4 is 17.7 Å². The fourth-order valence-corrected chi connectivity index (χ4v) is 3.55. The summed E-state index contributed by atoms with van der Waals surface area (Å²) in [4.78, 5) is 11.9. The van der Waals surface area contributed by atoms with Crippen LogP contribution in [0.15, 0.2) is 23.4 Å². The number of carbonyl (C=O) groups is 1. The number of aryl methyl sites for hydroxylation is 1. The number of hydrogen-bond donors (Lipinski definition) is 1. The van der Waals surface area contributed by atoms with Crippen molar-refractivity contribution in [2.45, 2.75) is 64.4 Å². The van der Waals surface area contributed by atoms with Gasteiger partial charge in [0.05, 0.1) is 5.75 Å². The van der Waals surface area contributed by atoms with Gasteiger partial charge in [-0.3, -0.25) is 4.79 Å². The highest BCUT2D eigenvalue weighted by Gasteiger charge is 2.24. The van der Waals surface area contributed by atoms with E-state index in [2.05, 4.69) is 35.4 Å². The van der Waals surface area contributed by atoms with Crippen LogP contribution in [0, 0.1) is 13.8 Å². The van der Waals surface area contributed by atoms with E-state index in [1.165, 1.54) is 17.3 Å². The molecule has 1 N–H and O–H groups in total. The molecule has 26 heavy (non-hydrogen) atoms. The molecular weight excluding hydrogens is 348 g/mol. The van der Waals surface area contributed by atoms with Crippen molar-refractivity contribution in [2.24, 2.45) is 0 Å². The maximum atomic E-state index is 11.9. The summed E-state index contributed by atoms with van der Waals surface area (Å²) in [6.07, 6.45) is 1.97. The van der Waals surface area contributed by atoms with Gasteiger partial charge < -0.3 is 14.6 Å². The summed E-state index contributed by atoms with van der Waals surface area (Å²) in [5.41, 5.74) is 2.33. The molecule has 1 amide bonds. The lowest BCUT2D eigenvalue weighted by Gasteiger charge is -2.17. The van der Waals surface area contributed by atoms with Crippen LogP contribution in [0.5, 0.6) is 5.75 Å². The molecule has 0 spiro atoms. The quantitative estimate of drug-likeness (QED) is 0.717. The summed E-state index contributed by atoms with van der Waals surface area (Å²) in [6.45, 7) is 8.89. The molecule has 3 rings (SSSR count). The van der Waals surface area contributed by atoms with Crippen LogP contribution in [0.3, 0.4) is 0 Å². The van der Waals surface area contributed by atoms with E-state index in [1.54, 1.807) is 0 Å². The first kappa shape index (κ1) is 18.8. The maximum Gasteiger partial charge on any atom is 0.230 e. The minimum Gasteiger partial charge on any atom is -0.482 e. The summed E-state index contributed by atoms with van der Waals surface area (Å²) in [5, 5.41) is 12.3. The molecule has 7 heteroatoms. The summed E-state index contributed by atoms with van der Waals surface area (Å²) in [7, 11) is 0. The normalized spacial score (nSPS) is 14.9. The standard InChI is InChI=1S/C19H26N4O2S/c1-5-23-18(14(4)25-16-8-6-7-12(2)13(16)3)21-22-19(23)26-11-17(24)20-15-9-10-15/h6-8,14-15H,5,9-11H2,1-4H3,(H,20,24). The Balaban J connectivity index is 1.68. The number of nitrogens with one attached hydrogen (secondary N) is 1. The Kier molecular flexibility index (Phi) is 5.86. The van der Waals surface area contributed by atoms with Crippen LogP contribution in [0.25, 0.3) is 0 Å². The highest BCUT2D eigenvalue weighted by atomic mass is 32.2. The SMILES string of the molecule is CCn1c(SCC(=O)NC2CC2)nnc1C(C)Oc1cccc(C)c1C. The minimum atomic E-state index is -0.224. The van der Waals surface area contributed by atoms with Crippen molar-refractivity contribution < 1.29 is 9.53 Å². The van der Waals surface area contributed by atoms with E-state index in [4.69, 9.17) is 4.74 Å². The van der Waals surface area contributed by atoms with Crippen molar-refractivity contribution in [1.82, 2.24) is 20.1 Å². The van der Waals surface area contributed by atoms with E-state index >= 15 is 0 Å². The van der Waals surface area contributed by atoms with E-state index in [0.29, 0.717) is 11.8 Å². The molecule has 1 heterocycles. The lowest BCUT2D eigenvalue weighted by atomic mass is 10.1. The number of carbonyl (C=O) groups excluding carboxylic acids is 1. The van der Waals surface area contributed by atoms with Crippen LogP contribution < -0.4 is 10.1 Å². The van der Waals surface area contributed by atoms with Crippen LogP contribution in [0.1, 0.15) is 49.7 Å². The minimum absolute atomic E-state index is 0.0596. The number of amides is 1. The maximum absolute atomic E-state index is 11.9. The number of nitrogens with zero attached hydrogens (tertiary/aromatic N) is 3. The monoisotopic (exact) mass is 374 g/mol. The van der Waals surface area contributed by atoms with Gasteiger partial charge in [0.2, 0.25) is 5.91 Å². The summed E-state index contributed by atoms with van der Waals surface area (Å²) in [5.74, 6) is 2.06. The largest absolute Gasteiger partial charge is 0.482 e. The zero-order valence-electron chi connectivity index (χ0n) is 15.8. The zero-order valence-corrected chi connectivity index (χ0v) is 16.6. The Labute approximate surface area is 158 Å². The number of rotatable bonds is 8. The second-order valence-electron chi connectivity index (χ2n) is 6.67. The van der Waals surface area contributed by atoms with Gasteiger partial charge >= 0.3 is 0 Å². The van der Waals surface area contributed by atoms with E-state index in [9.17, 15) is 4.79 Å². The topological polar surface area (TPSA) is 69.0 Å². The van der Waals surface area contributed by atoms with Gasteiger partial charge in [-0.1, -0.05) is 23.9 Å². The Morgan fingerprint density at radius 1 is 1.38 bits per heavy atom. The van der Waals surface area contributed by atoms with Crippen molar-refractivity contribution in [2.75, 3.05) is 5.75 Å². The number of benzene rings is 1. The predicted molar refractivity (Wildman–Crippen MR) is 103 cm³/mol. The number of aromatic nitrogens is 3. The molecule has 140 valence electrons. The lowest BCUT2D eigenvalue weighted by Crippen LogP contribution is -2.27. The van der Waals surface area contributed by atoms with Crippen LogP contribution in [0.2, 0.25) is 0 Å². The Morgan fingerprint density at radius 2 is 2.15 bits per heavy atom. The smallest absolute Gasteiger partial charge is 0.230 e. The third-order valence-corrected chi connectivity index (χ3v) is 5.53. The molecule has 1 aliphatic rings. The molecular formula is C19H26N4O2S. The van der Waals surface area contributed by atoms with Gasteiger partial charge in [0.25, 0.3) is 0 Å². The van der Waals surface area contributed by atoms with E-state index in [-0.39, 0.29) is 12.0 Å². The van der Waals surface area contributed by atoms with Gasteiger partial charge in [0, 0.05) is 12.6 Å². The van der Waals surface area contributed by atoms with E-state index in [0.717, 1.165) is 41.7 Å². The van der Waals surface area contributed by atoms with Crippen LogP contribution in [-0.2, 0) is 11.3 Å². The number of ether oxygens (including phenoxy) is 1. The second-order valence-corrected chi connectivity index (χ2v) is 7.62. The third kappa shape index (κ3) is 4.38. The molecule has 1 aromatic carbocycles. The summed E-state index contributed by atoms with van der Waals surface area (Å²) < 4.78 is 8.16. The first-order valence-corrected chi connectivity index (χ1v) is 10.1. The molecule has 1 aromatic heterocycles. The highest BCUT2D eigenvalue weighted by Crippen LogP contribution is 2.28. The first-order valence-electron chi connectivity index (χ1n) is 9.07. The third-order valence-electron chi connectivity index (χ3n) is 4.56. The van der Waals surface area contributed by atoms with Crippen molar-refractivity contribution in [3.63, 3.8) is 0 Å². The molecule has 1 aliphatic carbocycles. The number of thioether (sulfide) groups is 1. The summed E-state index contributed by atoms with van der Waals surface area (Å²) >= 11 is 1.42. The fourth-order valence-electron chi connectivity index (χ4n) is 2.73. The summed E-state index contributed by atoms with van der Waals surface area (Å²) in [6, 6.07) is 6.43. The average Bonchev–Trinajstić information content (AvgIpc) is 3.32. The molecule has 6 nitrogen and oxygen atoms in total. The Bertz CT molecular complexity index is 786. The molecule has 0 radical (unpaired) electrons. The highest BCUT2D eigenvalue weighted by molar-refractivity contribution is 7.99. The zero-order chi connectivity index (χ0) is 18.7. The van der Waals surface area contributed by atoms with Gasteiger partial charge in [-0.05, 0) is 57.7 Å². The van der Waals surface area contributed by atoms with Crippen LogP contribution in [-0.4, -0.2) is 32.5 Å². The Hall–Kier alpha value is -2.02. The van der Waals surface area contributed by atoms with Crippen LogP contribution >= 0.6 is 11.8 Å². The molecule has 1 unspecified atom stereocenters. The number of hydrogen-bond acceptors (Lipinski definition) is 5. The molecule has 2 aromatic rings. The van der Waals surface area contributed by atoms with Crippen molar-refractivity contribution in [3.05, 3.63) is 35.2 Å². The van der Waals surface area contributed by atoms with Gasteiger partial charge in [-0.2, -0.15) is 0 Å². The Morgan fingerprint density at radius 3 is 2.85 bits per heavy atom. The molecule has 1 saturated carbocycles. The van der Waals surface area contributed by atoms with Gasteiger partial charge in [0.1, 0.15) is 5.75 Å². The van der Waals surface area contributed by atoms with Crippen LogP contribution in [0.4, 0.5) is 0 Å².